The Hall–Kier alpha value is -3.48. The number of alkyl carbamates (subject to hydrolysis) is 1. The maximum absolute atomic E-state index is 12.1. The molecular formula is C25H27N3O4. The van der Waals surface area contributed by atoms with E-state index in [1.54, 1.807) is 11.9 Å². The van der Waals surface area contributed by atoms with Gasteiger partial charge in [-0.1, -0.05) is 36.4 Å². The number of likely N-dealkylation sites (N-methyl/N-ethyl adjacent to an activating group) is 1. The minimum atomic E-state index is -0.365. The van der Waals surface area contributed by atoms with Crippen molar-refractivity contribution in [3.63, 3.8) is 0 Å². The number of ether oxygens (including phenoxy) is 2. The molecule has 2 aliphatic rings. The number of hydrogen-bond donors (Lipinski definition) is 2. The van der Waals surface area contributed by atoms with Crippen molar-refractivity contribution in [2.45, 2.75) is 43.9 Å². The Morgan fingerprint density at radius 2 is 2.00 bits per heavy atom. The average Bonchev–Trinajstić information content (AvgIpc) is 3.33. The SMILES string of the molecule is CN1C(=O)OC[C@@H]1Cc1ccc2[nH]cc(C3CC(NC(=O)OCc4ccccc4)C3)c2c1. The zero-order valence-corrected chi connectivity index (χ0v) is 18.0. The van der Waals surface area contributed by atoms with Gasteiger partial charge in [-0.2, -0.15) is 0 Å². The second-order valence-corrected chi connectivity index (χ2v) is 8.74. The first-order chi connectivity index (χ1) is 15.6. The summed E-state index contributed by atoms with van der Waals surface area (Å²) >= 11 is 0. The second kappa shape index (κ2) is 8.57. The summed E-state index contributed by atoms with van der Waals surface area (Å²) in [5, 5.41) is 4.19. The molecule has 2 aromatic carbocycles. The number of fused-ring (bicyclic) bond motifs is 1. The molecule has 2 amide bonds. The van der Waals surface area contributed by atoms with Crippen molar-refractivity contribution < 1.29 is 19.1 Å². The number of hydrogen-bond acceptors (Lipinski definition) is 4. The standard InChI is InChI=1S/C25H27N3O4/c1-28-20(15-32-25(28)30)9-17-7-8-23-21(10-17)22(13-26-23)18-11-19(12-18)27-24(29)31-14-16-5-3-2-4-6-16/h2-8,10,13,18-20,26H,9,11-12,14-15H2,1H3,(H,27,29)/t18?,19?,20-/m0/s1. The van der Waals surface area contributed by atoms with E-state index in [-0.39, 0.29) is 30.9 Å². The molecule has 2 N–H and O–H groups in total. The van der Waals surface area contributed by atoms with Crippen LogP contribution in [0.25, 0.3) is 10.9 Å². The molecule has 166 valence electrons. The highest BCUT2D eigenvalue weighted by Crippen LogP contribution is 2.40. The number of aromatic amines is 1. The zero-order chi connectivity index (χ0) is 22.1. The summed E-state index contributed by atoms with van der Waals surface area (Å²) < 4.78 is 10.5. The molecule has 3 aromatic rings. The second-order valence-electron chi connectivity index (χ2n) is 8.74. The fourth-order valence-electron chi connectivity index (χ4n) is 4.57. The number of benzene rings is 2. The monoisotopic (exact) mass is 433 g/mol. The van der Waals surface area contributed by atoms with E-state index in [0.29, 0.717) is 12.5 Å². The van der Waals surface area contributed by atoms with Crippen LogP contribution in [-0.2, 0) is 22.5 Å². The fourth-order valence-corrected chi connectivity index (χ4v) is 4.57. The van der Waals surface area contributed by atoms with Crippen LogP contribution < -0.4 is 5.32 Å². The number of H-pyrrole nitrogens is 1. The van der Waals surface area contributed by atoms with Gasteiger partial charge in [0.1, 0.15) is 13.2 Å². The number of aromatic nitrogens is 1. The molecule has 1 aromatic heterocycles. The largest absolute Gasteiger partial charge is 0.447 e. The van der Waals surface area contributed by atoms with Gasteiger partial charge in [0, 0.05) is 30.2 Å². The van der Waals surface area contributed by atoms with E-state index in [0.717, 1.165) is 30.3 Å². The van der Waals surface area contributed by atoms with Crippen LogP contribution in [0.15, 0.2) is 54.7 Å². The minimum absolute atomic E-state index is 0.0709. The van der Waals surface area contributed by atoms with Crippen molar-refractivity contribution >= 4 is 23.1 Å². The zero-order valence-electron chi connectivity index (χ0n) is 18.0. The topological polar surface area (TPSA) is 83.7 Å². The van der Waals surface area contributed by atoms with Gasteiger partial charge in [-0.15, -0.1) is 0 Å². The molecule has 7 nitrogen and oxygen atoms in total. The number of carbonyl (C=O) groups excluding carboxylic acids is 2. The van der Waals surface area contributed by atoms with Crippen LogP contribution in [0.4, 0.5) is 9.59 Å². The molecule has 1 saturated carbocycles. The van der Waals surface area contributed by atoms with Gasteiger partial charge in [0.2, 0.25) is 0 Å². The van der Waals surface area contributed by atoms with Gasteiger partial charge in [-0.3, -0.25) is 0 Å². The molecule has 1 aliphatic heterocycles. The Morgan fingerprint density at radius 3 is 2.75 bits per heavy atom. The van der Waals surface area contributed by atoms with Crippen LogP contribution in [0.1, 0.15) is 35.4 Å². The molecule has 0 bridgehead atoms. The number of amides is 2. The van der Waals surface area contributed by atoms with Crippen molar-refractivity contribution in [1.29, 1.82) is 0 Å². The first kappa shape index (κ1) is 20.4. The molecule has 0 radical (unpaired) electrons. The summed E-state index contributed by atoms with van der Waals surface area (Å²) in [4.78, 5) is 28.8. The molecule has 0 spiro atoms. The summed E-state index contributed by atoms with van der Waals surface area (Å²) in [6.45, 7) is 0.713. The van der Waals surface area contributed by atoms with Gasteiger partial charge in [0.05, 0.1) is 6.04 Å². The van der Waals surface area contributed by atoms with E-state index >= 15 is 0 Å². The number of carbonyl (C=O) groups is 2. The van der Waals surface area contributed by atoms with Crippen molar-refractivity contribution in [3.8, 4) is 0 Å². The van der Waals surface area contributed by atoms with Crippen LogP contribution in [0.2, 0.25) is 0 Å². The molecule has 1 aliphatic carbocycles. The maximum Gasteiger partial charge on any atom is 0.409 e. The van der Waals surface area contributed by atoms with Crippen molar-refractivity contribution in [3.05, 3.63) is 71.4 Å². The van der Waals surface area contributed by atoms with E-state index in [9.17, 15) is 9.59 Å². The smallest absolute Gasteiger partial charge is 0.409 e. The molecule has 7 heteroatoms. The molecule has 32 heavy (non-hydrogen) atoms. The minimum Gasteiger partial charge on any atom is -0.447 e. The maximum atomic E-state index is 12.1. The molecule has 2 heterocycles. The Bertz CT molecular complexity index is 1120. The van der Waals surface area contributed by atoms with E-state index in [1.807, 2.05) is 30.3 Å². The van der Waals surface area contributed by atoms with Gasteiger partial charge in [0.15, 0.2) is 0 Å². The number of nitrogens with one attached hydrogen (secondary N) is 2. The normalized spacial score (nSPS) is 22.5. The third-order valence-electron chi connectivity index (χ3n) is 6.60. The Kier molecular flexibility index (Phi) is 5.47. The summed E-state index contributed by atoms with van der Waals surface area (Å²) in [6, 6.07) is 16.3. The summed E-state index contributed by atoms with van der Waals surface area (Å²) in [6.07, 6.45) is 4.02. The highest BCUT2D eigenvalue weighted by molar-refractivity contribution is 5.84. The average molecular weight is 434 g/mol. The van der Waals surface area contributed by atoms with Gasteiger partial charge < -0.3 is 24.7 Å². The van der Waals surface area contributed by atoms with E-state index in [1.165, 1.54) is 16.5 Å². The van der Waals surface area contributed by atoms with Crippen molar-refractivity contribution in [1.82, 2.24) is 15.2 Å². The fraction of sp³-hybridized carbons (Fsp3) is 0.360. The molecule has 5 rings (SSSR count). The molecule has 2 fully saturated rings. The Labute approximate surface area is 186 Å². The third-order valence-corrected chi connectivity index (χ3v) is 6.60. The number of nitrogens with zero attached hydrogens (tertiary/aromatic N) is 1. The highest BCUT2D eigenvalue weighted by atomic mass is 16.6. The number of cyclic esters (lactones) is 1. The Morgan fingerprint density at radius 1 is 1.19 bits per heavy atom. The third kappa shape index (κ3) is 4.15. The van der Waals surface area contributed by atoms with Gasteiger partial charge in [-0.05, 0) is 54.0 Å². The first-order valence-electron chi connectivity index (χ1n) is 11.0. The lowest BCUT2D eigenvalue weighted by atomic mass is 9.75. The summed E-state index contributed by atoms with van der Waals surface area (Å²) in [5.74, 6) is 0.400. The first-order valence-corrected chi connectivity index (χ1v) is 11.0. The van der Waals surface area contributed by atoms with Crippen LogP contribution in [-0.4, -0.2) is 47.8 Å². The van der Waals surface area contributed by atoms with Gasteiger partial charge in [0.25, 0.3) is 0 Å². The lowest BCUT2D eigenvalue weighted by Crippen LogP contribution is -2.43. The molecule has 1 saturated heterocycles. The predicted molar refractivity (Wildman–Crippen MR) is 120 cm³/mol. The molecule has 1 atom stereocenters. The van der Waals surface area contributed by atoms with Crippen LogP contribution >= 0.6 is 0 Å². The van der Waals surface area contributed by atoms with Crippen LogP contribution in [0.3, 0.4) is 0 Å². The number of rotatable bonds is 6. The van der Waals surface area contributed by atoms with Crippen LogP contribution in [0.5, 0.6) is 0 Å². The lowest BCUT2D eigenvalue weighted by molar-refractivity contribution is 0.128. The highest BCUT2D eigenvalue weighted by Gasteiger charge is 2.34. The van der Waals surface area contributed by atoms with Crippen LogP contribution in [0, 0.1) is 0 Å². The summed E-state index contributed by atoms with van der Waals surface area (Å²) in [7, 11) is 1.78. The van der Waals surface area contributed by atoms with Gasteiger partial charge >= 0.3 is 12.2 Å². The molecule has 0 unspecified atom stereocenters. The van der Waals surface area contributed by atoms with E-state index in [4.69, 9.17) is 9.47 Å². The van der Waals surface area contributed by atoms with Crippen molar-refractivity contribution in [2.75, 3.05) is 13.7 Å². The quantitative estimate of drug-likeness (QED) is 0.606. The van der Waals surface area contributed by atoms with Crippen molar-refractivity contribution in [2.24, 2.45) is 0 Å². The van der Waals surface area contributed by atoms with Gasteiger partial charge in [-0.25, -0.2) is 9.59 Å². The summed E-state index contributed by atoms with van der Waals surface area (Å²) in [5.41, 5.74) is 4.55. The molecular weight excluding hydrogens is 406 g/mol. The Balaban J connectivity index is 1.17. The van der Waals surface area contributed by atoms with E-state index in [2.05, 4.69) is 34.7 Å². The lowest BCUT2D eigenvalue weighted by Gasteiger charge is -2.35. The van der Waals surface area contributed by atoms with E-state index < -0.39 is 0 Å². The predicted octanol–water partition coefficient (Wildman–Crippen LogP) is 4.33.